The second-order valence-corrected chi connectivity index (χ2v) is 8.16. The number of carbonyl (C=O) groups is 2. The monoisotopic (exact) mass is 408 g/mol. The van der Waals surface area contributed by atoms with Crippen LogP contribution in [-0.2, 0) is 30.8 Å². The van der Waals surface area contributed by atoms with E-state index < -0.39 is 22.0 Å². The number of anilines is 1. The predicted octanol–water partition coefficient (Wildman–Crippen LogP) is 2.12. The van der Waals surface area contributed by atoms with Crippen molar-refractivity contribution in [2.75, 3.05) is 11.9 Å². The van der Waals surface area contributed by atoms with Crippen LogP contribution < -0.4 is 10.0 Å². The highest BCUT2D eigenvalue weighted by Crippen LogP contribution is 2.17. The molecule has 2 aromatic rings. The summed E-state index contributed by atoms with van der Waals surface area (Å²) in [4.78, 5) is 23.5. The van der Waals surface area contributed by atoms with Crippen molar-refractivity contribution in [3.63, 3.8) is 0 Å². The Morgan fingerprint density at radius 1 is 1.19 bits per heavy atom. The maximum Gasteiger partial charge on any atom is 0.324 e. The molecule has 1 saturated heterocycles. The van der Waals surface area contributed by atoms with Gasteiger partial charge in [-0.3, -0.25) is 9.59 Å². The van der Waals surface area contributed by atoms with Crippen LogP contribution in [0.15, 0.2) is 53.4 Å². The minimum Gasteiger partial charge on any atom is -0.464 e. The van der Waals surface area contributed by atoms with Gasteiger partial charge in [-0.2, -0.15) is 4.72 Å². The lowest BCUT2D eigenvalue weighted by Crippen LogP contribution is -2.37. The molecule has 0 bridgehead atoms. The number of esters is 1. The summed E-state index contributed by atoms with van der Waals surface area (Å²) in [6.45, 7) is 0.198. The average molecular weight is 409 g/mol. The SMILES string of the molecule is O=C(Cc1cccc(Cl)c1)Nc1ccc(S(=O)(=O)NC2CCOC2=O)cc1. The summed E-state index contributed by atoms with van der Waals surface area (Å²) in [7, 11) is -3.85. The molecule has 0 radical (unpaired) electrons. The molecule has 0 spiro atoms. The molecule has 1 heterocycles. The number of nitrogens with one attached hydrogen (secondary N) is 2. The molecule has 0 aromatic heterocycles. The van der Waals surface area contributed by atoms with Crippen molar-refractivity contribution in [2.24, 2.45) is 0 Å². The minimum atomic E-state index is -3.85. The number of amides is 1. The van der Waals surface area contributed by atoms with Gasteiger partial charge in [-0.25, -0.2) is 8.42 Å². The first kappa shape index (κ1) is 19.3. The molecule has 2 aromatic carbocycles. The normalized spacial score (nSPS) is 16.8. The molecule has 1 aliphatic heterocycles. The molecule has 142 valence electrons. The zero-order valence-electron chi connectivity index (χ0n) is 14.1. The van der Waals surface area contributed by atoms with Crippen LogP contribution in [0.4, 0.5) is 5.69 Å². The second kappa shape index (κ2) is 8.08. The summed E-state index contributed by atoms with van der Waals surface area (Å²) >= 11 is 5.90. The van der Waals surface area contributed by atoms with Crippen LogP contribution >= 0.6 is 11.6 Å². The van der Waals surface area contributed by atoms with E-state index in [0.29, 0.717) is 17.1 Å². The third kappa shape index (κ3) is 5.06. The standard InChI is InChI=1S/C18H17ClN2O5S/c19-13-3-1-2-12(10-13)11-17(22)20-14-4-6-15(7-5-14)27(24,25)21-16-8-9-26-18(16)23/h1-7,10,16,21H,8-9,11H2,(H,20,22). The van der Waals surface area contributed by atoms with E-state index in [9.17, 15) is 18.0 Å². The van der Waals surface area contributed by atoms with Crippen molar-refractivity contribution >= 4 is 39.2 Å². The first-order valence-corrected chi connectivity index (χ1v) is 10.0. The Morgan fingerprint density at radius 3 is 2.56 bits per heavy atom. The zero-order valence-corrected chi connectivity index (χ0v) is 15.7. The maximum atomic E-state index is 12.3. The Morgan fingerprint density at radius 2 is 1.93 bits per heavy atom. The van der Waals surface area contributed by atoms with E-state index in [1.165, 1.54) is 24.3 Å². The van der Waals surface area contributed by atoms with E-state index in [2.05, 4.69) is 10.0 Å². The van der Waals surface area contributed by atoms with Crippen LogP contribution in [0.3, 0.4) is 0 Å². The van der Waals surface area contributed by atoms with Crippen molar-refractivity contribution < 1.29 is 22.7 Å². The Kier molecular flexibility index (Phi) is 5.79. The first-order valence-electron chi connectivity index (χ1n) is 8.17. The van der Waals surface area contributed by atoms with E-state index in [1.807, 2.05) is 0 Å². The molecule has 3 rings (SSSR count). The minimum absolute atomic E-state index is 0.00459. The van der Waals surface area contributed by atoms with Gasteiger partial charge in [-0.15, -0.1) is 0 Å². The third-order valence-electron chi connectivity index (χ3n) is 3.93. The fraction of sp³-hybridized carbons (Fsp3) is 0.222. The van der Waals surface area contributed by atoms with Gasteiger partial charge in [0.2, 0.25) is 15.9 Å². The maximum absolute atomic E-state index is 12.3. The van der Waals surface area contributed by atoms with Gasteiger partial charge in [0.1, 0.15) is 6.04 Å². The molecule has 27 heavy (non-hydrogen) atoms. The zero-order chi connectivity index (χ0) is 19.4. The van der Waals surface area contributed by atoms with E-state index in [-0.39, 0.29) is 23.8 Å². The Labute approximate surface area is 161 Å². The van der Waals surface area contributed by atoms with Crippen LogP contribution in [0.2, 0.25) is 5.02 Å². The predicted molar refractivity (Wildman–Crippen MR) is 99.9 cm³/mol. The van der Waals surface area contributed by atoms with E-state index in [1.54, 1.807) is 24.3 Å². The number of benzene rings is 2. The van der Waals surface area contributed by atoms with Crippen LogP contribution in [0, 0.1) is 0 Å². The molecule has 1 unspecified atom stereocenters. The summed E-state index contributed by atoms with van der Waals surface area (Å²) in [6.07, 6.45) is 0.446. The molecule has 1 amide bonds. The molecule has 1 atom stereocenters. The number of ether oxygens (including phenoxy) is 1. The highest BCUT2D eigenvalue weighted by Gasteiger charge is 2.31. The van der Waals surface area contributed by atoms with Gasteiger partial charge < -0.3 is 10.1 Å². The lowest BCUT2D eigenvalue weighted by atomic mass is 10.1. The third-order valence-corrected chi connectivity index (χ3v) is 5.66. The van der Waals surface area contributed by atoms with Gasteiger partial charge >= 0.3 is 5.97 Å². The average Bonchev–Trinajstić information content (AvgIpc) is 2.99. The molecule has 2 N–H and O–H groups in total. The Bertz CT molecular complexity index is 960. The quantitative estimate of drug-likeness (QED) is 0.713. The summed E-state index contributed by atoms with van der Waals surface area (Å²) < 4.78 is 31.7. The molecule has 1 aliphatic rings. The van der Waals surface area contributed by atoms with Crippen LogP contribution in [0.1, 0.15) is 12.0 Å². The van der Waals surface area contributed by atoms with E-state index >= 15 is 0 Å². The van der Waals surface area contributed by atoms with Gasteiger partial charge in [-0.1, -0.05) is 23.7 Å². The van der Waals surface area contributed by atoms with Crippen molar-refractivity contribution in [3.05, 3.63) is 59.1 Å². The summed E-state index contributed by atoms with van der Waals surface area (Å²) in [6, 6.07) is 11.8. The van der Waals surface area contributed by atoms with Crippen LogP contribution in [0.5, 0.6) is 0 Å². The number of cyclic esters (lactones) is 1. The Hall–Kier alpha value is -2.42. The molecule has 9 heteroatoms. The fourth-order valence-corrected chi connectivity index (χ4v) is 4.05. The van der Waals surface area contributed by atoms with Crippen LogP contribution in [-0.4, -0.2) is 32.9 Å². The van der Waals surface area contributed by atoms with Crippen molar-refractivity contribution in [1.29, 1.82) is 0 Å². The van der Waals surface area contributed by atoms with Crippen molar-refractivity contribution in [1.82, 2.24) is 4.72 Å². The highest BCUT2D eigenvalue weighted by molar-refractivity contribution is 7.89. The molecule has 0 saturated carbocycles. The molecule has 0 aliphatic carbocycles. The molecule has 7 nitrogen and oxygen atoms in total. The largest absolute Gasteiger partial charge is 0.464 e. The highest BCUT2D eigenvalue weighted by atomic mass is 35.5. The number of carbonyl (C=O) groups excluding carboxylic acids is 2. The first-order chi connectivity index (χ1) is 12.8. The topological polar surface area (TPSA) is 102 Å². The van der Waals surface area contributed by atoms with E-state index in [4.69, 9.17) is 16.3 Å². The molecule has 1 fully saturated rings. The lowest BCUT2D eigenvalue weighted by Gasteiger charge is -2.11. The van der Waals surface area contributed by atoms with Crippen molar-refractivity contribution in [3.8, 4) is 0 Å². The number of hydrogen-bond donors (Lipinski definition) is 2. The van der Waals surface area contributed by atoms with E-state index in [0.717, 1.165) is 5.56 Å². The van der Waals surface area contributed by atoms with Gasteiger partial charge in [-0.05, 0) is 42.0 Å². The summed E-state index contributed by atoms with van der Waals surface area (Å²) in [5, 5.41) is 3.25. The van der Waals surface area contributed by atoms with Gasteiger partial charge in [0.05, 0.1) is 17.9 Å². The van der Waals surface area contributed by atoms with Gasteiger partial charge in [0.15, 0.2) is 0 Å². The number of rotatable bonds is 6. The van der Waals surface area contributed by atoms with Crippen LogP contribution in [0.25, 0.3) is 0 Å². The lowest BCUT2D eigenvalue weighted by molar-refractivity contribution is -0.139. The number of halogens is 1. The smallest absolute Gasteiger partial charge is 0.324 e. The Balaban J connectivity index is 1.62. The summed E-state index contributed by atoms with van der Waals surface area (Å²) in [5.41, 5.74) is 1.23. The van der Waals surface area contributed by atoms with Crippen molar-refractivity contribution in [2.45, 2.75) is 23.8 Å². The van der Waals surface area contributed by atoms with Gasteiger partial charge in [0, 0.05) is 17.1 Å². The number of sulfonamides is 1. The summed E-state index contributed by atoms with van der Waals surface area (Å²) in [5.74, 6) is -0.830. The molecular formula is C18H17ClN2O5S. The molecular weight excluding hydrogens is 392 g/mol. The number of hydrogen-bond acceptors (Lipinski definition) is 5. The fourth-order valence-electron chi connectivity index (χ4n) is 2.61. The second-order valence-electron chi connectivity index (χ2n) is 6.01. The van der Waals surface area contributed by atoms with Gasteiger partial charge in [0.25, 0.3) is 0 Å².